The summed E-state index contributed by atoms with van der Waals surface area (Å²) >= 11 is 6.90. The Balaban J connectivity index is 2.33. The van der Waals surface area contributed by atoms with Crippen LogP contribution in [0.1, 0.15) is 25.5 Å². The SMILES string of the molecule is CCCC(=O)Cc1csc(NS(=O)(=O)c2cccc(Cl)c2S(C)(=O)=O)n1. The molecule has 0 bridgehead atoms. The van der Waals surface area contributed by atoms with Gasteiger partial charge in [0.2, 0.25) is 0 Å². The van der Waals surface area contributed by atoms with Crippen molar-refractivity contribution in [1.82, 2.24) is 4.98 Å². The molecule has 0 saturated carbocycles. The Morgan fingerprint density at radius 2 is 1.96 bits per heavy atom. The summed E-state index contributed by atoms with van der Waals surface area (Å²) in [4.78, 5) is 14.8. The quantitative estimate of drug-likeness (QED) is 0.681. The van der Waals surface area contributed by atoms with Crippen LogP contribution in [0.25, 0.3) is 0 Å². The van der Waals surface area contributed by atoms with Gasteiger partial charge in [-0.1, -0.05) is 24.6 Å². The van der Waals surface area contributed by atoms with Crippen LogP contribution in [0.4, 0.5) is 5.13 Å². The van der Waals surface area contributed by atoms with Crippen LogP contribution in [-0.4, -0.2) is 33.9 Å². The average Bonchev–Trinajstić information content (AvgIpc) is 2.92. The molecular formula is C15H17ClN2O5S3. The number of hydrogen-bond acceptors (Lipinski definition) is 7. The molecule has 1 heterocycles. The lowest BCUT2D eigenvalue weighted by molar-refractivity contribution is -0.118. The monoisotopic (exact) mass is 436 g/mol. The van der Waals surface area contributed by atoms with Crippen molar-refractivity contribution in [3.05, 3.63) is 34.3 Å². The fourth-order valence-corrected chi connectivity index (χ4v) is 6.60. The molecule has 1 aromatic heterocycles. The van der Waals surface area contributed by atoms with E-state index in [4.69, 9.17) is 11.6 Å². The first kappa shape index (κ1) is 20.8. The molecule has 1 aromatic carbocycles. The van der Waals surface area contributed by atoms with Gasteiger partial charge in [-0.05, 0) is 18.6 Å². The summed E-state index contributed by atoms with van der Waals surface area (Å²) in [5.41, 5.74) is 0.459. The summed E-state index contributed by atoms with van der Waals surface area (Å²) in [6, 6.07) is 3.81. The third-order valence-electron chi connectivity index (χ3n) is 3.27. The van der Waals surface area contributed by atoms with Crippen LogP contribution in [0.3, 0.4) is 0 Å². The largest absolute Gasteiger partial charge is 0.299 e. The summed E-state index contributed by atoms with van der Waals surface area (Å²) in [5.74, 6) is 0.0152. The Hall–Kier alpha value is -1.49. The molecule has 7 nitrogen and oxygen atoms in total. The fourth-order valence-electron chi connectivity index (χ4n) is 2.23. The number of ketones is 1. The maximum Gasteiger partial charge on any atom is 0.265 e. The highest BCUT2D eigenvalue weighted by atomic mass is 35.5. The van der Waals surface area contributed by atoms with Crippen LogP contribution in [0.5, 0.6) is 0 Å². The van der Waals surface area contributed by atoms with E-state index in [2.05, 4.69) is 9.71 Å². The first-order valence-corrected chi connectivity index (χ1v) is 12.2. The van der Waals surface area contributed by atoms with Crippen molar-refractivity contribution in [2.75, 3.05) is 11.0 Å². The predicted octanol–water partition coefficient (Wildman–Crippen LogP) is 2.91. The van der Waals surface area contributed by atoms with Crippen molar-refractivity contribution in [2.24, 2.45) is 0 Å². The van der Waals surface area contributed by atoms with E-state index in [1.54, 1.807) is 5.38 Å². The normalized spacial score (nSPS) is 12.1. The number of nitrogens with one attached hydrogen (secondary N) is 1. The van der Waals surface area contributed by atoms with E-state index in [9.17, 15) is 21.6 Å². The van der Waals surface area contributed by atoms with Crippen molar-refractivity contribution in [2.45, 2.75) is 36.0 Å². The molecule has 142 valence electrons. The molecule has 2 aromatic rings. The molecule has 0 aliphatic rings. The van der Waals surface area contributed by atoms with Gasteiger partial charge in [-0.15, -0.1) is 11.3 Å². The Morgan fingerprint density at radius 3 is 2.58 bits per heavy atom. The number of benzene rings is 1. The minimum absolute atomic E-state index is 0.0152. The van der Waals surface area contributed by atoms with Crippen molar-refractivity contribution in [3.63, 3.8) is 0 Å². The third kappa shape index (κ3) is 5.03. The number of Topliss-reactive ketones (excluding diaryl/α,β-unsaturated/α-hetero) is 1. The van der Waals surface area contributed by atoms with Crippen molar-refractivity contribution in [1.29, 1.82) is 0 Å². The number of carbonyl (C=O) groups excluding carboxylic acids is 1. The topological polar surface area (TPSA) is 110 Å². The molecule has 0 radical (unpaired) electrons. The molecule has 0 fully saturated rings. The maximum absolute atomic E-state index is 12.6. The second-order valence-electron chi connectivity index (χ2n) is 5.55. The molecule has 0 saturated heterocycles. The summed E-state index contributed by atoms with van der Waals surface area (Å²) < 4.78 is 51.4. The lowest BCUT2D eigenvalue weighted by Crippen LogP contribution is -2.17. The maximum atomic E-state index is 12.6. The highest BCUT2D eigenvalue weighted by Gasteiger charge is 2.27. The second-order valence-corrected chi connectivity index (χ2v) is 10.4. The Bertz CT molecular complexity index is 1030. The van der Waals surface area contributed by atoms with Crippen LogP contribution in [-0.2, 0) is 31.1 Å². The van der Waals surface area contributed by atoms with E-state index in [0.717, 1.165) is 30.1 Å². The molecular weight excluding hydrogens is 420 g/mol. The number of aromatic nitrogens is 1. The van der Waals surface area contributed by atoms with Gasteiger partial charge in [-0.3, -0.25) is 9.52 Å². The third-order valence-corrected chi connectivity index (χ3v) is 7.33. The van der Waals surface area contributed by atoms with Gasteiger partial charge in [-0.25, -0.2) is 21.8 Å². The van der Waals surface area contributed by atoms with Gasteiger partial charge in [0.05, 0.1) is 10.7 Å². The van der Waals surface area contributed by atoms with Crippen LogP contribution in [0.2, 0.25) is 5.02 Å². The van der Waals surface area contributed by atoms with E-state index >= 15 is 0 Å². The predicted molar refractivity (Wildman–Crippen MR) is 101 cm³/mol. The van der Waals surface area contributed by atoms with Crippen LogP contribution >= 0.6 is 22.9 Å². The number of sulfonamides is 1. The van der Waals surface area contributed by atoms with Crippen molar-refractivity contribution >= 4 is 53.7 Å². The number of halogens is 1. The lowest BCUT2D eigenvalue weighted by Gasteiger charge is -2.11. The summed E-state index contributed by atoms with van der Waals surface area (Å²) in [6.45, 7) is 1.89. The molecule has 0 spiro atoms. The van der Waals surface area contributed by atoms with Gasteiger partial charge in [0.15, 0.2) is 15.0 Å². The molecule has 26 heavy (non-hydrogen) atoms. The number of carbonyl (C=O) groups is 1. The van der Waals surface area contributed by atoms with Gasteiger partial charge in [0, 0.05) is 24.5 Å². The molecule has 1 N–H and O–H groups in total. The molecule has 0 unspecified atom stereocenters. The van der Waals surface area contributed by atoms with E-state index in [-0.39, 0.29) is 22.4 Å². The second kappa shape index (κ2) is 8.03. The van der Waals surface area contributed by atoms with Gasteiger partial charge in [0.25, 0.3) is 10.0 Å². The lowest BCUT2D eigenvalue weighted by atomic mass is 10.1. The van der Waals surface area contributed by atoms with Crippen LogP contribution in [0, 0.1) is 0 Å². The van der Waals surface area contributed by atoms with Crippen LogP contribution in [0.15, 0.2) is 33.4 Å². The van der Waals surface area contributed by atoms with Gasteiger partial charge < -0.3 is 0 Å². The van der Waals surface area contributed by atoms with Gasteiger partial charge in [-0.2, -0.15) is 0 Å². The van der Waals surface area contributed by atoms with Crippen molar-refractivity contribution in [3.8, 4) is 0 Å². The van der Waals surface area contributed by atoms with E-state index in [0.29, 0.717) is 12.1 Å². The standard InChI is InChI=1S/C15H17ClN2O5S3/c1-3-5-11(19)8-10-9-24-15(17-10)18-26(22,23)13-7-4-6-12(16)14(13)25(2,20)21/h4,6-7,9H,3,5,8H2,1-2H3,(H,17,18). The number of anilines is 1. The average molecular weight is 437 g/mol. The van der Waals surface area contributed by atoms with Crippen molar-refractivity contribution < 1.29 is 21.6 Å². The minimum atomic E-state index is -4.23. The molecule has 2 rings (SSSR count). The molecule has 0 aliphatic heterocycles. The Morgan fingerprint density at radius 1 is 1.27 bits per heavy atom. The Kier molecular flexibility index (Phi) is 6.43. The highest BCUT2D eigenvalue weighted by Crippen LogP contribution is 2.30. The summed E-state index contributed by atoms with van der Waals surface area (Å²) in [7, 11) is -8.09. The molecule has 0 aliphatic carbocycles. The Labute approximate surface area is 161 Å². The minimum Gasteiger partial charge on any atom is -0.299 e. The zero-order valence-electron chi connectivity index (χ0n) is 14.0. The van der Waals surface area contributed by atoms with Crippen LogP contribution < -0.4 is 4.72 Å². The van der Waals surface area contributed by atoms with E-state index < -0.39 is 29.7 Å². The highest BCUT2D eigenvalue weighted by molar-refractivity contribution is 7.95. The zero-order chi connectivity index (χ0) is 19.5. The molecule has 0 amide bonds. The number of sulfone groups is 1. The molecule has 11 heteroatoms. The summed E-state index contributed by atoms with van der Waals surface area (Å²) in [5, 5.41) is 1.45. The first-order chi connectivity index (χ1) is 12.0. The number of hydrogen-bond donors (Lipinski definition) is 1. The van der Waals surface area contributed by atoms with Gasteiger partial charge in [0.1, 0.15) is 15.6 Å². The number of thiazole rings is 1. The summed E-state index contributed by atoms with van der Waals surface area (Å²) in [6.07, 6.45) is 2.16. The van der Waals surface area contributed by atoms with E-state index in [1.807, 2.05) is 6.92 Å². The van der Waals surface area contributed by atoms with Gasteiger partial charge >= 0.3 is 0 Å². The smallest absolute Gasteiger partial charge is 0.265 e. The number of nitrogens with zero attached hydrogens (tertiary/aromatic N) is 1. The fraction of sp³-hybridized carbons (Fsp3) is 0.333. The first-order valence-electron chi connectivity index (χ1n) is 7.52. The zero-order valence-corrected chi connectivity index (χ0v) is 17.2. The van der Waals surface area contributed by atoms with E-state index in [1.165, 1.54) is 12.1 Å². The number of rotatable bonds is 8. The molecule has 0 atom stereocenters.